The van der Waals surface area contributed by atoms with E-state index in [9.17, 15) is 13.2 Å². The van der Waals surface area contributed by atoms with Crippen molar-refractivity contribution >= 4 is 33.0 Å². The summed E-state index contributed by atoms with van der Waals surface area (Å²) < 4.78 is 38.0. The van der Waals surface area contributed by atoms with Gasteiger partial charge >= 0.3 is 5.97 Å². The zero-order valence-electron chi connectivity index (χ0n) is 15.3. The predicted molar refractivity (Wildman–Crippen MR) is 105 cm³/mol. The lowest BCUT2D eigenvalue weighted by Crippen LogP contribution is -2.11. The van der Waals surface area contributed by atoms with Crippen molar-refractivity contribution in [3.8, 4) is 11.5 Å². The van der Waals surface area contributed by atoms with Gasteiger partial charge in [-0.25, -0.2) is 17.2 Å². The minimum absolute atomic E-state index is 0.0906. The SMILES string of the molecule is CCOc1ccc2c(c1)c(C=CC(=O)O)cn2S(=O)(=O)c1ccc(OC)cc1. The third-order valence-corrected chi connectivity index (χ3v) is 5.79. The van der Waals surface area contributed by atoms with Gasteiger partial charge in [0.05, 0.1) is 24.1 Å². The van der Waals surface area contributed by atoms with Crippen molar-refractivity contribution < 1.29 is 27.8 Å². The average molecular weight is 401 g/mol. The highest BCUT2D eigenvalue weighted by molar-refractivity contribution is 7.90. The van der Waals surface area contributed by atoms with E-state index in [0.717, 1.165) is 10.0 Å². The van der Waals surface area contributed by atoms with Gasteiger partial charge in [-0.1, -0.05) is 0 Å². The van der Waals surface area contributed by atoms with Crippen LogP contribution in [0, 0.1) is 0 Å². The molecule has 0 amide bonds. The van der Waals surface area contributed by atoms with Crippen LogP contribution in [-0.4, -0.2) is 37.2 Å². The fourth-order valence-electron chi connectivity index (χ4n) is 2.81. The third-order valence-electron chi connectivity index (χ3n) is 4.11. The van der Waals surface area contributed by atoms with Crippen molar-refractivity contribution in [2.24, 2.45) is 0 Å². The summed E-state index contributed by atoms with van der Waals surface area (Å²) in [5.74, 6) is -0.0119. The Morgan fingerprint density at radius 1 is 1.14 bits per heavy atom. The normalized spacial score (nSPS) is 11.8. The Kier molecular flexibility index (Phi) is 5.41. The predicted octanol–water partition coefficient (Wildman–Crippen LogP) is 3.38. The average Bonchev–Trinajstić information content (AvgIpc) is 3.05. The number of carboxylic acid groups (broad SMARTS) is 1. The lowest BCUT2D eigenvalue weighted by atomic mass is 10.1. The van der Waals surface area contributed by atoms with Crippen molar-refractivity contribution in [2.75, 3.05) is 13.7 Å². The molecule has 0 spiro atoms. The first-order valence-corrected chi connectivity index (χ1v) is 9.89. The summed E-state index contributed by atoms with van der Waals surface area (Å²) >= 11 is 0. The molecular formula is C20H19NO6S. The number of aliphatic carboxylic acids is 1. The van der Waals surface area contributed by atoms with Crippen molar-refractivity contribution in [1.82, 2.24) is 3.97 Å². The number of carboxylic acids is 1. The van der Waals surface area contributed by atoms with Crippen molar-refractivity contribution in [3.05, 3.63) is 60.3 Å². The summed E-state index contributed by atoms with van der Waals surface area (Å²) in [6, 6.07) is 11.1. The number of carbonyl (C=O) groups is 1. The van der Waals surface area contributed by atoms with Crippen LogP contribution in [0.2, 0.25) is 0 Å². The highest BCUT2D eigenvalue weighted by Crippen LogP contribution is 2.30. The molecule has 28 heavy (non-hydrogen) atoms. The van der Waals surface area contributed by atoms with Crippen LogP contribution in [0.1, 0.15) is 12.5 Å². The highest BCUT2D eigenvalue weighted by atomic mass is 32.2. The second-order valence-corrected chi connectivity index (χ2v) is 7.66. The first-order chi connectivity index (χ1) is 13.4. The lowest BCUT2D eigenvalue weighted by molar-refractivity contribution is -0.131. The zero-order valence-corrected chi connectivity index (χ0v) is 16.1. The summed E-state index contributed by atoms with van der Waals surface area (Å²) in [7, 11) is -2.39. The standard InChI is InChI=1S/C20H19NO6S/c1-3-27-16-7-10-19-18(12-16)14(4-11-20(22)23)13-21(19)28(24,25)17-8-5-15(26-2)6-9-17/h4-13H,3H2,1-2H3,(H,22,23). The lowest BCUT2D eigenvalue weighted by Gasteiger charge is -2.09. The Morgan fingerprint density at radius 3 is 2.43 bits per heavy atom. The summed E-state index contributed by atoms with van der Waals surface area (Å²) in [4.78, 5) is 11.0. The molecule has 146 valence electrons. The molecule has 8 heteroatoms. The molecule has 0 unspecified atom stereocenters. The van der Waals surface area contributed by atoms with Crippen LogP contribution in [0.3, 0.4) is 0 Å². The Morgan fingerprint density at radius 2 is 1.82 bits per heavy atom. The van der Waals surface area contributed by atoms with E-state index < -0.39 is 16.0 Å². The number of benzene rings is 2. The van der Waals surface area contributed by atoms with Crippen LogP contribution in [0.4, 0.5) is 0 Å². The van der Waals surface area contributed by atoms with E-state index in [4.69, 9.17) is 14.6 Å². The van der Waals surface area contributed by atoms with Gasteiger partial charge in [0.25, 0.3) is 10.0 Å². The van der Waals surface area contributed by atoms with E-state index in [1.54, 1.807) is 30.3 Å². The maximum atomic E-state index is 13.2. The van der Waals surface area contributed by atoms with Gasteiger partial charge in [0, 0.05) is 23.2 Å². The molecule has 3 aromatic rings. The van der Waals surface area contributed by atoms with Crippen LogP contribution in [0.5, 0.6) is 11.5 Å². The summed E-state index contributed by atoms with van der Waals surface area (Å²) in [5, 5.41) is 9.50. The molecule has 0 saturated heterocycles. The van der Waals surface area contributed by atoms with Crippen molar-refractivity contribution in [1.29, 1.82) is 0 Å². The van der Waals surface area contributed by atoms with Gasteiger partial charge in [-0.15, -0.1) is 0 Å². The Balaban J connectivity index is 2.20. The molecule has 1 aromatic heterocycles. The number of hydrogen-bond acceptors (Lipinski definition) is 5. The van der Waals surface area contributed by atoms with Gasteiger partial charge in [-0.3, -0.25) is 0 Å². The number of nitrogens with zero attached hydrogens (tertiary/aromatic N) is 1. The number of aromatic nitrogens is 1. The molecule has 0 aliphatic heterocycles. The van der Waals surface area contributed by atoms with E-state index in [2.05, 4.69) is 0 Å². The number of methoxy groups -OCH3 is 1. The molecule has 0 saturated carbocycles. The second kappa shape index (κ2) is 7.77. The topological polar surface area (TPSA) is 94.8 Å². The van der Waals surface area contributed by atoms with Gasteiger partial charge in [0.2, 0.25) is 0 Å². The smallest absolute Gasteiger partial charge is 0.328 e. The first kappa shape index (κ1) is 19.5. The van der Waals surface area contributed by atoms with Crippen molar-refractivity contribution in [2.45, 2.75) is 11.8 Å². The van der Waals surface area contributed by atoms with Gasteiger partial charge < -0.3 is 14.6 Å². The second-order valence-electron chi connectivity index (χ2n) is 5.84. The monoisotopic (exact) mass is 401 g/mol. The third kappa shape index (κ3) is 3.72. The van der Waals surface area contributed by atoms with E-state index in [-0.39, 0.29) is 4.90 Å². The molecule has 3 rings (SSSR count). The largest absolute Gasteiger partial charge is 0.497 e. The van der Waals surface area contributed by atoms with Gasteiger partial charge in [0.15, 0.2) is 0 Å². The van der Waals surface area contributed by atoms with Gasteiger partial charge in [-0.2, -0.15) is 0 Å². The molecule has 0 atom stereocenters. The first-order valence-electron chi connectivity index (χ1n) is 8.45. The van der Waals surface area contributed by atoms with Crippen LogP contribution in [0.15, 0.2) is 59.6 Å². The molecule has 1 N–H and O–H groups in total. The van der Waals surface area contributed by atoms with Gasteiger partial charge in [-0.05, 0) is 55.5 Å². The van der Waals surface area contributed by atoms with Crippen LogP contribution in [-0.2, 0) is 14.8 Å². The zero-order chi connectivity index (χ0) is 20.3. The van der Waals surface area contributed by atoms with E-state index in [1.807, 2.05) is 6.92 Å². The number of fused-ring (bicyclic) bond motifs is 1. The molecule has 0 aliphatic carbocycles. The minimum Gasteiger partial charge on any atom is -0.497 e. The molecule has 0 radical (unpaired) electrons. The Bertz CT molecular complexity index is 1140. The summed E-state index contributed by atoms with van der Waals surface area (Å²) in [6.07, 6.45) is 3.73. The molecule has 0 bridgehead atoms. The Labute approximate surface area is 162 Å². The van der Waals surface area contributed by atoms with Crippen molar-refractivity contribution in [3.63, 3.8) is 0 Å². The number of ether oxygens (including phenoxy) is 2. The van der Waals surface area contributed by atoms with E-state index >= 15 is 0 Å². The maximum absolute atomic E-state index is 13.2. The fraction of sp³-hybridized carbons (Fsp3) is 0.150. The minimum atomic E-state index is -3.89. The Hall–Kier alpha value is -3.26. The molecule has 1 heterocycles. The van der Waals surface area contributed by atoms with E-state index in [0.29, 0.717) is 34.6 Å². The van der Waals surface area contributed by atoms with E-state index in [1.165, 1.54) is 31.5 Å². The fourth-order valence-corrected chi connectivity index (χ4v) is 4.19. The van der Waals surface area contributed by atoms with Gasteiger partial charge in [0.1, 0.15) is 11.5 Å². The van der Waals surface area contributed by atoms with Crippen LogP contribution >= 0.6 is 0 Å². The van der Waals surface area contributed by atoms with Crippen LogP contribution in [0.25, 0.3) is 17.0 Å². The summed E-state index contributed by atoms with van der Waals surface area (Å²) in [6.45, 7) is 2.30. The molecular weight excluding hydrogens is 382 g/mol. The maximum Gasteiger partial charge on any atom is 0.328 e. The summed E-state index contributed by atoms with van der Waals surface area (Å²) in [5.41, 5.74) is 0.875. The quantitative estimate of drug-likeness (QED) is 0.610. The molecule has 0 fully saturated rings. The highest BCUT2D eigenvalue weighted by Gasteiger charge is 2.21. The number of hydrogen-bond donors (Lipinski definition) is 1. The van der Waals surface area contributed by atoms with Crippen LogP contribution < -0.4 is 9.47 Å². The molecule has 2 aromatic carbocycles. The molecule has 0 aliphatic rings. The molecule has 7 nitrogen and oxygen atoms in total. The number of rotatable bonds is 7.